The molecule has 1 aromatic rings. The molecule has 1 rings (SSSR count). The van der Waals surface area contributed by atoms with Crippen molar-refractivity contribution in [1.29, 1.82) is 0 Å². The van der Waals surface area contributed by atoms with Gasteiger partial charge >= 0.3 is 0 Å². The first-order chi connectivity index (χ1) is 6.63. The molecule has 1 aromatic heterocycles. The maximum atomic E-state index is 5.55. The molecule has 0 aliphatic rings. The van der Waals surface area contributed by atoms with Crippen LogP contribution in [-0.4, -0.2) is 18.1 Å². The number of hydrogen-bond donors (Lipinski definition) is 1. The van der Waals surface area contributed by atoms with E-state index in [1.807, 2.05) is 30.8 Å². The van der Waals surface area contributed by atoms with Gasteiger partial charge in [-0.2, -0.15) is 11.8 Å². The normalized spacial score (nSPS) is 15.4. The summed E-state index contributed by atoms with van der Waals surface area (Å²) >= 11 is 1.86. The standard InChI is InChI=1S/C11H19NOS/c1-8(7-14-4)12-10(3)11-6-5-9(2)13-11/h5-6,8,10,12H,7H2,1-4H3/t8-,10-/m0/s1. The second kappa shape index (κ2) is 5.47. The van der Waals surface area contributed by atoms with Crippen LogP contribution < -0.4 is 5.32 Å². The zero-order valence-electron chi connectivity index (χ0n) is 9.33. The predicted octanol–water partition coefficient (Wildman–Crippen LogP) is 2.99. The van der Waals surface area contributed by atoms with Gasteiger partial charge in [0.25, 0.3) is 0 Å². The summed E-state index contributed by atoms with van der Waals surface area (Å²) < 4.78 is 5.55. The highest BCUT2D eigenvalue weighted by Gasteiger charge is 2.11. The number of aryl methyl sites for hydroxylation is 1. The molecule has 0 saturated heterocycles. The molecule has 2 atom stereocenters. The van der Waals surface area contributed by atoms with Crippen LogP contribution in [0.3, 0.4) is 0 Å². The molecule has 0 unspecified atom stereocenters. The molecule has 0 aliphatic heterocycles. The fraction of sp³-hybridized carbons (Fsp3) is 0.636. The average Bonchev–Trinajstić information content (AvgIpc) is 2.52. The third-order valence-corrected chi connectivity index (χ3v) is 2.97. The summed E-state index contributed by atoms with van der Waals surface area (Å²) in [5.74, 6) is 3.13. The molecule has 3 heteroatoms. The van der Waals surface area contributed by atoms with E-state index in [0.29, 0.717) is 12.1 Å². The Labute approximate surface area is 90.5 Å². The molecule has 0 fully saturated rings. The van der Waals surface area contributed by atoms with Crippen molar-refractivity contribution in [3.63, 3.8) is 0 Å². The first-order valence-electron chi connectivity index (χ1n) is 4.94. The quantitative estimate of drug-likeness (QED) is 0.814. The number of furan rings is 1. The van der Waals surface area contributed by atoms with E-state index >= 15 is 0 Å². The monoisotopic (exact) mass is 213 g/mol. The van der Waals surface area contributed by atoms with E-state index in [-0.39, 0.29) is 0 Å². The Bertz CT molecular complexity index is 272. The van der Waals surface area contributed by atoms with Gasteiger partial charge in [0.05, 0.1) is 6.04 Å². The minimum absolute atomic E-state index is 0.297. The number of nitrogens with one attached hydrogen (secondary N) is 1. The van der Waals surface area contributed by atoms with Gasteiger partial charge < -0.3 is 9.73 Å². The van der Waals surface area contributed by atoms with E-state index in [4.69, 9.17) is 4.42 Å². The summed E-state index contributed by atoms with van der Waals surface area (Å²) in [7, 11) is 0. The SMILES string of the molecule is CSC[C@H](C)N[C@@H](C)c1ccc(C)o1. The summed E-state index contributed by atoms with van der Waals surface area (Å²) in [4.78, 5) is 0. The Morgan fingerprint density at radius 2 is 2.14 bits per heavy atom. The van der Waals surface area contributed by atoms with Crippen molar-refractivity contribution < 1.29 is 4.42 Å². The van der Waals surface area contributed by atoms with E-state index in [1.54, 1.807) is 0 Å². The zero-order chi connectivity index (χ0) is 10.6. The minimum Gasteiger partial charge on any atom is -0.465 e. The lowest BCUT2D eigenvalue weighted by Gasteiger charge is -2.17. The van der Waals surface area contributed by atoms with Gasteiger partial charge in [-0.3, -0.25) is 0 Å². The van der Waals surface area contributed by atoms with Crippen LogP contribution in [0.4, 0.5) is 0 Å². The molecular weight excluding hydrogens is 194 g/mol. The van der Waals surface area contributed by atoms with E-state index < -0.39 is 0 Å². The van der Waals surface area contributed by atoms with Crippen molar-refractivity contribution in [1.82, 2.24) is 5.32 Å². The van der Waals surface area contributed by atoms with Crippen LogP contribution in [0.5, 0.6) is 0 Å². The van der Waals surface area contributed by atoms with E-state index in [9.17, 15) is 0 Å². The van der Waals surface area contributed by atoms with Crippen molar-refractivity contribution in [3.05, 3.63) is 23.7 Å². The van der Waals surface area contributed by atoms with Gasteiger partial charge in [-0.25, -0.2) is 0 Å². The van der Waals surface area contributed by atoms with Crippen LogP contribution in [-0.2, 0) is 0 Å². The lowest BCUT2D eigenvalue weighted by molar-refractivity contribution is 0.399. The Kier molecular flexibility index (Phi) is 4.55. The van der Waals surface area contributed by atoms with Crippen molar-refractivity contribution in [3.8, 4) is 0 Å². The van der Waals surface area contributed by atoms with Gasteiger partial charge in [0, 0.05) is 11.8 Å². The molecule has 0 aromatic carbocycles. The molecule has 1 N–H and O–H groups in total. The molecule has 0 bridgehead atoms. The maximum absolute atomic E-state index is 5.55. The molecule has 1 heterocycles. The lowest BCUT2D eigenvalue weighted by atomic mass is 10.2. The number of thioether (sulfide) groups is 1. The highest BCUT2D eigenvalue weighted by Crippen LogP contribution is 2.16. The van der Waals surface area contributed by atoms with Gasteiger partial charge in [-0.1, -0.05) is 0 Å². The van der Waals surface area contributed by atoms with Crippen LogP contribution in [0.2, 0.25) is 0 Å². The Balaban J connectivity index is 2.45. The third-order valence-electron chi connectivity index (χ3n) is 2.14. The first-order valence-corrected chi connectivity index (χ1v) is 6.34. The zero-order valence-corrected chi connectivity index (χ0v) is 10.1. The van der Waals surface area contributed by atoms with Crippen molar-refractivity contribution in [2.75, 3.05) is 12.0 Å². The second-order valence-electron chi connectivity index (χ2n) is 3.69. The smallest absolute Gasteiger partial charge is 0.120 e. The van der Waals surface area contributed by atoms with Crippen LogP contribution in [0, 0.1) is 6.92 Å². The molecule has 0 radical (unpaired) electrons. The van der Waals surface area contributed by atoms with Crippen LogP contribution in [0.1, 0.15) is 31.4 Å². The van der Waals surface area contributed by atoms with Gasteiger partial charge in [0.2, 0.25) is 0 Å². The molecule has 14 heavy (non-hydrogen) atoms. The minimum atomic E-state index is 0.297. The summed E-state index contributed by atoms with van der Waals surface area (Å²) in [6.45, 7) is 6.31. The molecule has 0 aliphatic carbocycles. The van der Waals surface area contributed by atoms with Crippen LogP contribution in [0.25, 0.3) is 0 Å². The number of hydrogen-bond acceptors (Lipinski definition) is 3. The average molecular weight is 213 g/mol. The first kappa shape index (κ1) is 11.7. The molecule has 0 spiro atoms. The predicted molar refractivity (Wildman–Crippen MR) is 62.8 cm³/mol. The van der Waals surface area contributed by atoms with Crippen molar-refractivity contribution in [2.45, 2.75) is 32.9 Å². The van der Waals surface area contributed by atoms with Gasteiger partial charge in [-0.05, 0) is 39.2 Å². The summed E-state index contributed by atoms with van der Waals surface area (Å²) in [6.07, 6.45) is 2.12. The molecule has 0 saturated carbocycles. The maximum Gasteiger partial charge on any atom is 0.120 e. The molecule has 2 nitrogen and oxygen atoms in total. The second-order valence-corrected chi connectivity index (χ2v) is 4.60. The molecule has 0 amide bonds. The third kappa shape index (κ3) is 3.39. The lowest BCUT2D eigenvalue weighted by Crippen LogP contribution is -2.30. The highest BCUT2D eigenvalue weighted by atomic mass is 32.2. The summed E-state index contributed by atoms with van der Waals surface area (Å²) in [6, 6.07) is 4.86. The topological polar surface area (TPSA) is 25.2 Å². The largest absolute Gasteiger partial charge is 0.465 e. The molecule has 80 valence electrons. The van der Waals surface area contributed by atoms with E-state index in [1.165, 1.54) is 0 Å². The molecular formula is C11H19NOS. The van der Waals surface area contributed by atoms with Gasteiger partial charge in [-0.15, -0.1) is 0 Å². The summed E-state index contributed by atoms with van der Waals surface area (Å²) in [5, 5.41) is 3.50. The fourth-order valence-electron chi connectivity index (χ4n) is 1.49. The highest BCUT2D eigenvalue weighted by molar-refractivity contribution is 7.98. The van der Waals surface area contributed by atoms with Crippen molar-refractivity contribution >= 4 is 11.8 Å². The Morgan fingerprint density at radius 1 is 1.43 bits per heavy atom. The Hall–Kier alpha value is -0.410. The Morgan fingerprint density at radius 3 is 2.64 bits per heavy atom. The summed E-state index contributed by atoms with van der Waals surface area (Å²) in [5.41, 5.74) is 0. The van der Waals surface area contributed by atoms with E-state index in [2.05, 4.69) is 25.4 Å². The fourth-order valence-corrected chi connectivity index (χ4v) is 2.09. The van der Waals surface area contributed by atoms with Crippen molar-refractivity contribution in [2.24, 2.45) is 0 Å². The van der Waals surface area contributed by atoms with Crippen LogP contribution in [0.15, 0.2) is 16.5 Å². The number of rotatable bonds is 5. The van der Waals surface area contributed by atoms with Crippen LogP contribution >= 0.6 is 11.8 Å². The van der Waals surface area contributed by atoms with Gasteiger partial charge in [0.15, 0.2) is 0 Å². The van der Waals surface area contributed by atoms with E-state index in [0.717, 1.165) is 17.3 Å². The van der Waals surface area contributed by atoms with Gasteiger partial charge in [0.1, 0.15) is 11.5 Å².